The Morgan fingerprint density at radius 3 is 1.65 bits per heavy atom. The summed E-state index contributed by atoms with van der Waals surface area (Å²) in [5, 5.41) is 12.1. The van der Waals surface area contributed by atoms with E-state index in [-0.39, 0.29) is 12.3 Å². The summed E-state index contributed by atoms with van der Waals surface area (Å²) >= 11 is 0. The third-order valence-electron chi connectivity index (χ3n) is 2.77. The number of rotatable bonds is 4. The molecule has 0 bridgehead atoms. The predicted octanol–water partition coefficient (Wildman–Crippen LogP) is 2.50. The molecule has 0 saturated carbocycles. The molecule has 0 aliphatic heterocycles. The standard InChI is InChI=1S/C15H17OP/c1-13(12-16)17(14-8-4-2-5-9-14)15-10-6-3-7-11-15/h2-11,13,16H,12H2,1H3. The van der Waals surface area contributed by atoms with Crippen molar-refractivity contribution in [2.45, 2.75) is 12.6 Å². The van der Waals surface area contributed by atoms with E-state index in [4.69, 9.17) is 0 Å². The van der Waals surface area contributed by atoms with E-state index in [0.29, 0.717) is 0 Å². The zero-order chi connectivity index (χ0) is 12.1. The first-order chi connectivity index (χ1) is 8.33. The largest absolute Gasteiger partial charge is 0.396 e. The number of aliphatic hydroxyl groups excluding tert-OH is 1. The van der Waals surface area contributed by atoms with Crippen LogP contribution in [0.4, 0.5) is 0 Å². The fourth-order valence-corrected chi connectivity index (χ4v) is 4.38. The first-order valence-electron chi connectivity index (χ1n) is 5.83. The topological polar surface area (TPSA) is 20.2 Å². The second-order valence-corrected chi connectivity index (χ2v) is 6.73. The van der Waals surface area contributed by atoms with E-state index in [1.165, 1.54) is 10.6 Å². The third-order valence-corrected chi connectivity index (χ3v) is 5.53. The highest BCUT2D eigenvalue weighted by atomic mass is 31.1. The Morgan fingerprint density at radius 2 is 1.29 bits per heavy atom. The van der Waals surface area contributed by atoms with Gasteiger partial charge in [-0.25, -0.2) is 0 Å². The molecular weight excluding hydrogens is 227 g/mol. The van der Waals surface area contributed by atoms with Gasteiger partial charge < -0.3 is 5.11 Å². The molecule has 1 unspecified atom stereocenters. The smallest absolute Gasteiger partial charge is 0.0501 e. The Kier molecular flexibility index (Phi) is 4.30. The van der Waals surface area contributed by atoms with Gasteiger partial charge in [0.2, 0.25) is 0 Å². The van der Waals surface area contributed by atoms with Crippen molar-refractivity contribution in [2.24, 2.45) is 0 Å². The second kappa shape index (κ2) is 5.95. The second-order valence-electron chi connectivity index (χ2n) is 4.07. The number of hydrogen-bond donors (Lipinski definition) is 1. The van der Waals surface area contributed by atoms with Gasteiger partial charge in [-0.2, -0.15) is 0 Å². The molecule has 2 aromatic carbocycles. The average Bonchev–Trinajstić information content (AvgIpc) is 2.41. The van der Waals surface area contributed by atoms with Crippen LogP contribution in [0.1, 0.15) is 6.92 Å². The molecule has 0 amide bonds. The maximum absolute atomic E-state index is 9.44. The van der Waals surface area contributed by atoms with Gasteiger partial charge in [0, 0.05) is 5.66 Å². The normalized spacial score (nSPS) is 12.6. The lowest BCUT2D eigenvalue weighted by atomic mass is 10.4. The van der Waals surface area contributed by atoms with Crippen LogP contribution in [0.2, 0.25) is 0 Å². The molecular formula is C15H17OP. The lowest BCUT2D eigenvalue weighted by Gasteiger charge is -2.24. The minimum atomic E-state index is -0.462. The number of hydrogen-bond acceptors (Lipinski definition) is 1. The van der Waals surface area contributed by atoms with E-state index in [1.807, 2.05) is 12.1 Å². The third kappa shape index (κ3) is 2.94. The number of aliphatic hydroxyl groups is 1. The van der Waals surface area contributed by atoms with Gasteiger partial charge in [0.25, 0.3) is 0 Å². The Morgan fingerprint density at radius 1 is 0.882 bits per heavy atom. The van der Waals surface area contributed by atoms with E-state index in [0.717, 1.165) is 0 Å². The lowest BCUT2D eigenvalue weighted by Crippen LogP contribution is -2.21. The molecule has 2 rings (SSSR count). The van der Waals surface area contributed by atoms with Gasteiger partial charge in [-0.3, -0.25) is 0 Å². The van der Waals surface area contributed by atoms with Crippen molar-refractivity contribution in [1.82, 2.24) is 0 Å². The molecule has 0 saturated heterocycles. The molecule has 0 radical (unpaired) electrons. The van der Waals surface area contributed by atoms with Crippen LogP contribution < -0.4 is 10.6 Å². The molecule has 88 valence electrons. The zero-order valence-corrected chi connectivity index (χ0v) is 10.8. The van der Waals surface area contributed by atoms with E-state index in [1.54, 1.807) is 0 Å². The SMILES string of the molecule is CC(CO)P(c1ccccc1)c1ccccc1. The summed E-state index contributed by atoms with van der Waals surface area (Å²) in [6.07, 6.45) is 0. The van der Waals surface area contributed by atoms with Crippen molar-refractivity contribution < 1.29 is 5.11 Å². The molecule has 0 aromatic heterocycles. The first kappa shape index (κ1) is 12.3. The zero-order valence-electron chi connectivity index (χ0n) is 9.95. The minimum Gasteiger partial charge on any atom is -0.396 e. The van der Waals surface area contributed by atoms with Crippen molar-refractivity contribution in [3.63, 3.8) is 0 Å². The summed E-state index contributed by atoms with van der Waals surface area (Å²) in [5.74, 6) is 0. The molecule has 0 fully saturated rings. The maximum Gasteiger partial charge on any atom is 0.0501 e. The summed E-state index contributed by atoms with van der Waals surface area (Å²) in [7, 11) is -0.462. The van der Waals surface area contributed by atoms with Gasteiger partial charge in [-0.1, -0.05) is 67.6 Å². The Labute approximate surface area is 104 Å². The van der Waals surface area contributed by atoms with Crippen LogP contribution in [0, 0.1) is 0 Å². The molecule has 17 heavy (non-hydrogen) atoms. The molecule has 1 nitrogen and oxygen atoms in total. The van der Waals surface area contributed by atoms with Crippen LogP contribution in [0.15, 0.2) is 60.7 Å². The molecule has 1 atom stereocenters. The summed E-state index contributed by atoms with van der Waals surface area (Å²) in [6.45, 7) is 2.35. The fraction of sp³-hybridized carbons (Fsp3) is 0.200. The van der Waals surface area contributed by atoms with Crippen LogP contribution in [0.25, 0.3) is 0 Å². The highest BCUT2D eigenvalue weighted by Gasteiger charge is 2.19. The van der Waals surface area contributed by atoms with Gasteiger partial charge in [-0.05, 0) is 18.5 Å². The highest BCUT2D eigenvalue weighted by molar-refractivity contribution is 7.73. The van der Waals surface area contributed by atoms with Crippen molar-refractivity contribution in [1.29, 1.82) is 0 Å². The van der Waals surface area contributed by atoms with Crippen LogP contribution in [0.3, 0.4) is 0 Å². The molecule has 0 spiro atoms. The van der Waals surface area contributed by atoms with Gasteiger partial charge >= 0.3 is 0 Å². The average molecular weight is 244 g/mol. The summed E-state index contributed by atoms with van der Waals surface area (Å²) in [4.78, 5) is 0. The summed E-state index contributed by atoms with van der Waals surface area (Å²) < 4.78 is 0. The molecule has 0 aliphatic carbocycles. The van der Waals surface area contributed by atoms with Gasteiger partial charge in [0.1, 0.15) is 0 Å². The summed E-state index contributed by atoms with van der Waals surface area (Å²) in [5.41, 5.74) is 0.287. The fourth-order valence-electron chi connectivity index (χ4n) is 1.92. The monoisotopic (exact) mass is 244 g/mol. The van der Waals surface area contributed by atoms with Crippen LogP contribution in [0.5, 0.6) is 0 Å². The molecule has 1 N–H and O–H groups in total. The summed E-state index contributed by atoms with van der Waals surface area (Å²) in [6, 6.07) is 21.0. The lowest BCUT2D eigenvalue weighted by molar-refractivity contribution is 0.299. The van der Waals surface area contributed by atoms with Gasteiger partial charge in [0.05, 0.1) is 6.61 Å². The quantitative estimate of drug-likeness (QED) is 0.819. The van der Waals surface area contributed by atoms with E-state index in [9.17, 15) is 5.11 Å². The first-order valence-corrected chi connectivity index (χ1v) is 7.24. The molecule has 2 aromatic rings. The van der Waals surface area contributed by atoms with E-state index in [2.05, 4.69) is 55.5 Å². The van der Waals surface area contributed by atoms with E-state index < -0.39 is 7.92 Å². The van der Waals surface area contributed by atoms with E-state index >= 15 is 0 Å². The van der Waals surface area contributed by atoms with Crippen LogP contribution in [-0.2, 0) is 0 Å². The highest BCUT2D eigenvalue weighted by Crippen LogP contribution is 2.38. The maximum atomic E-state index is 9.44. The van der Waals surface area contributed by atoms with Crippen LogP contribution >= 0.6 is 7.92 Å². The Bertz CT molecular complexity index is 401. The van der Waals surface area contributed by atoms with Gasteiger partial charge in [0.15, 0.2) is 0 Å². The molecule has 2 heteroatoms. The van der Waals surface area contributed by atoms with Gasteiger partial charge in [-0.15, -0.1) is 0 Å². The number of benzene rings is 2. The van der Waals surface area contributed by atoms with Crippen molar-refractivity contribution in [2.75, 3.05) is 6.61 Å². The minimum absolute atomic E-state index is 0.232. The molecule has 0 aliphatic rings. The molecule has 0 heterocycles. The Hall–Kier alpha value is -1.17. The van der Waals surface area contributed by atoms with Crippen molar-refractivity contribution in [3.8, 4) is 0 Å². The Balaban J connectivity index is 2.39. The van der Waals surface area contributed by atoms with Crippen molar-refractivity contribution >= 4 is 18.5 Å². The predicted molar refractivity (Wildman–Crippen MR) is 75.6 cm³/mol. The van der Waals surface area contributed by atoms with Crippen molar-refractivity contribution in [3.05, 3.63) is 60.7 Å². The van der Waals surface area contributed by atoms with Crippen LogP contribution in [-0.4, -0.2) is 17.4 Å².